The van der Waals surface area contributed by atoms with Gasteiger partial charge in [0.05, 0.1) is 0 Å². The van der Waals surface area contributed by atoms with Crippen LogP contribution in [0.3, 0.4) is 0 Å². The van der Waals surface area contributed by atoms with Gasteiger partial charge in [0.15, 0.2) is 0 Å². The maximum atomic E-state index is 11.3. The van der Waals surface area contributed by atoms with Crippen LogP contribution in [-0.4, -0.2) is 12.5 Å². The van der Waals surface area contributed by atoms with Gasteiger partial charge in [-0.05, 0) is 12.8 Å². The van der Waals surface area contributed by atoms with Crippen LogP contribution in [0, 0.1) is 18.3 Å². The Hall–Kier alpha value is -0.970. The molecule has 2 heteroatoms. The average molecular weight is 181 g/mol. The van der Waals surface area contributed by atoms with Crippen molar-refractivity contribution in [1.82, 2.24) is 5.32 Å². The molecular formula is C11H19NO. The molecule has 2 nitrogen and oxygen atoms in total. The second kappa shape index (κ2) is 7.67. The Kier molecular flexibility index (Phi) is 7.10. The van der Waals surface area contributed by atoms with Crippen LogP contribution >= 0.6 is 0 Å². The van der Waals surface area contributed by atoms with Crippen molar-refractivity contribution in [2.24, 2.45) is 5.92 Å². The van der Waals surface area contributed by atoms with E-state index in [0.29, 0.717) is 6.54 Å². The minimum atomic E-state index is 0.135. The predicted octanol–water partition coefficient (Wildman–Crippen LogP) is 1.95. The maximum Gasteiger partial charge on any atom is 0.222 e. The zero-order valence-corrected chi connectivity index (χ0v) is 8.60. The first-order valence-electron chi connectivity index (χ1n) is 4.93. The second-order valence-corrected chi connectivity index (χ2v) is 3.29. The van der Waals surface area contributed by atoms with Crippen molar-refractivity contribution in [3.63, 3.8) is 0 Å². The van der Waals surface area contributed by atoms with E-state index in [0.717, 1.165) is 25.7 Å². The quantitative estimate of drug-likeness (QED) is 0.492. The van der Waals surface area contributed by atoms with E-state index in [9.17, 15) is 4.79 Å². The predicted molar refractivity (Wildman–Crippen MR) is 55.1 cm³/mol. The van der Waals surface area contributed by atoms with Crippen LogP contribution in [0.25, 0.3) is 0 Å². The van der Waals surface area contributed by atoms with Gasteiger partial charge in [0.2, 0.25) is 5.91 Å². The van der Waals surface area contributed by atoms with Gasteiger partial charge in [-0.25, -0.2) is 0 Å². The topological polar surface area (TPSA) is 29.1 Å². The molecule has 0 aliphatic heterocycles. The average Bonchev–Trinajstić information content (AvgIpc) is 2.12. The normalized spacial score (nSPS) is 11.8. The van der Waals surface area contributed by atoms with Gasteiger partial charge in [-0.3, -0.25) is 4.79 Å². The molecule has 1 atom stereocenters. The third-order valence-corrected chi connectivity index (χ3v) is 1.97. The molecular weight excluding hydrogens is 162 g/mol. The first kappa shape index (κ1) is 12.0. The molecule has 0 fully saturated rings. The van der Waals surface area contributed by atoms with Gasteiger partial charge in [-0.1, -0.05) is 20.3 Å². The van der Waals surface area contributed by atoms with Gasteiger partial charge >= 0.3 is 0 Å². The lowest BCUT2D eigenvalue weighted by atomic mass is 10.1. The van der Waals surface area contributed by atoms with Crippen molar-refractivity contribution >= 4 is 5.91 Å². The van der Waals surface area contributed by atoms with E-state index in [1.54, 1.807) is 0 Å². The molecule has 0 aliphatic rings. The molecule has 0 aromatic heterocycles. The van der Waals surface area contributed by atoms with Crippen molar-refractivity contribution in [1.29, 1.82) is 0 Å². The van der Waals surface area contributed by atoms with Crippen LogP contribution in [0.15, 0.2) is 0 Å². The molecule has 1 N–H and O–H groups in total. The minimum Gasteiger partial charge on any atom is -0.356 e. The molecule has 0 rings (SSSR count). The summed E-state index contributed by atoms with van der Waals surface area (Å²) in [5.74, 6) is 2.83. The minimum absolute atomic E-state index is 0.135. The molecule has 1 unspecified atom stereocenters. The molecule has 0 aromatic rings. The van der Waals surface area contributed by atoms with Crippen molar-refractivity contribution in [2.45, 2.75) is 39.5 Å². The number of rotatable bonds is 6. The molecule has 0 spiro atoms. The van der Waals surface area contributed by atoms with Gasteiger partial charge in [-0.15, -0.1) is 12.3 Å². The molecule has 0 saturated carbocycles. The van der Waals surface area contributed by atoms with Crippen LogP contribution < -0.4 is 5.32 Å². The number of terminal acetylenes is 1. The second-order valence-electron chi connectivity index (χ2n) is 3.29. The number of hydrogen-bond donors (Lipinski definition) is 1. The molecule has 0 aliphatic carbocycles. The number of unbranched alkanes of at least 4 members (excludes halogenated alkanes) is 1. The van der Waals surface area contributed by atoms with Gasteiger partial charge in [-0.2, -0.15) is 0 Å². The van der Waals surface area contributed by atoms with E-state index < -0.39 is 0 Å². The first-order chi connectivity index (χ1) is 6.22. The Morgan fingerprint density at radius 1 is 1.62 bits per heavy atom. The van der Waals surface area contributed by atoms with Crippen LogP contribution in [0.5, 0.6) is 0 Å². The highest BCUT2D eigenvalue weighted by molar-refractivity contribution is 5.78. The Morgan fingerprint density at radius 3 is 2.85 bits per heavy atom. The highest BCUT2D eigenvalue weighted by Crippen LogP contribution is 2.04. The molecule has 0 saturated heterocycles. The number of hydrogen-bond acceptors (Lipinski definition) is 1. The summed E-state index contributed by atoms with van der Waals surface area (Å²) in [7, 11) is 0. The van der Waals surface area contributed by atoms with Crippen LogP contribution in [0.2, 0.25) is 0 Å². The fourth-order valence-corrected chi connectivity index (χ4v) is 1.14. The van der Waals surface area contributed by atoms with E-state index in [-0.39, 0.29) is 11.8 Å². The van der Waals surface area contributed by atoms with Crippen LogP contribution in [0.1, 0.15) is 39.5 Å². The molecule has 1 amide bonds. The Labute approximate surface area is 81.1 Å². The monoisotopic (exact) mass is 181 g/mol. The van der Waals surface area contributed by atoms with Gasteiger partial charge < -0.3 is 5.32 Å². The van der Waals surface area contributed by atoms with Crippen LogP contribution in [-0.2, 0) is 4.79 Å². The van der Waals surface area contributed by atoms with E-state index in [1.807, 2.05) is 6.92 Å². The lowest BCUT2D eigenvalue weighted by molar-refractivity contribution is -0.124. The summed E-state index contributed by atoms with van der Waals surface area (Å²) in [6, 6.07) is 0. The third-order valence-electron chi connectivity index (χ3n) is 1.97. The highest BCUT2D eigenvalue weighted by atomic mass is 16.1. The zero-order chi connectivity index (χ0) is 10.1. The highest BCUT2D eigenvalue weighted by Gasteiger charge is 2.09. The van der Waals surface area contributed by atoms with Gasteiger partial charge in [0, 0.05) is 18.9 Å². The molecule has 74 valence electrons. The SMILES string of the molecule is C#CCCCNC(=O)C(C)CCC. The summed E-state index contributed by atoms with van der Waals surface area (Å²) in [6.07, 6.45) is 8.72. The molecule has 0 radical (unpaired) electrons. The Bertz CT molecular complexity index is 181. The fraction of sp³-hybridized carbons (Fsp3) is 0.727. The van der Waals surface area contributed by atoms with Crippen molar-refractivity contribution in [3.05, 3.63) is 0 Å². The number of amides is 1. The summed E-state index contributed by atoms with van der Waals surface area (Å²) in [5, 5.41) is 2.87. The van der Waals surface area contributed by atoms with Crippen LogP contribution in [0.4, 0.5) is 0 Å². The summed E-state index contributed by atoms with van der Waals surface area (Å²) < 4.78 is 0. The summed E-state index contributed by atoms with van der Waals surface area (Å²) in [5.41, 5.74) is 0. The van der Waals surface area contributed by atoms with E-state index in [2.05, 4.69) is 18.2 Å². The number of carbonyl (C=O) groups is 1. The summed E-state index contributed by atoms with van der Waals surface area (Å²) >= 11 is 0. The van der Waals surface area contributed by atoms with Crippen molar-refractivity contribution in [3.8, 4) is 12.3 Å². The number of carbonyl (C=O) groups excluding carboxylic acids is 1. The van der Waals surface area contributed by atoms with E-state index >= 15 is 0 Å². The van der Waals surface area contributed by atoms with Crippen molar-refractivity contribution < 1.29 is 4.79 Å². The third kappa shape index (κ3) is 6.21. The lowest BCUT2D eigenvalue weighted by Crippen LogP contribution is -2.29. The van der Waals surface area contributed by atoms with Gasteiger partial charge in [0.25, 0.3) is 0 Å². The van der Waals surface area contributed by atoms with Crippen molar-refractivity contribution in [2.75, 3.05) is 6.54 Å². The largest absolute Gasteiger partial charge is 0.356 e. The van der Waals surface area contributed by atoms with E-state index in [4.69, 9.17) is 6.42 Å². The summed E-state index contributed by atoms with van der Waals surface area (Å²) in [4.78, 5) is 11.3. The molecule has 0 heterocycles. The fourth-order valence-electron chi connectivity index (χ4n) is 1.14. The number of nitrogens with one attached hydrogen (secondary N) is 1. The zero-order valence-electron chi connectivity index (χ0n) is 8.60. The smallest absolute Gasteiger partial charge is 0.222 e. The summed E-state index contributed by atoms with van der Waals surface area (Å²) in [6.45, 7) is 4.75. The van der Waals surface area contributed by atoms with E-state index in [1.165, 1.54) is 0 Å². The Balaban J connectivity index is 3.45. The first-order valence-corrected chi connectivity index (χ1v) is 4.93. The Morgan fingerprint density at radius 2 is 2.31 bits per heavy atom. The maximum absolute atomic E-state index is 11.3. The molecule has 13 heavy (non-hydrogen) atoms. The molecule has 0 bridgehead atoms. The van der Waals surface area contributed by atoms with Gasteiger partial charge in [0.1, 0.15) is 0 Å². The molecule has 0 aromatic carbocycles. The standard InChI is InChI=1S/C11H19NO/c1-4-6-7-9-12-11(13)10(3)8-5-2/h1,10H,5-9H2,2-3H3,(H,12,13). The lowest BCUT2D eigenvalue weighted by Gasteiger charge is -2.09.